The highest BCUT2D eigenvalue weighted by Gasteiger charge is 2.51. The molecule has 2 amide bonds. The quantitative estimate of drug-likeness (QED) is 0.612. The van der Waals surface area contributed by atoms with Gasteiger partial charge in [0, 0.05) is 44.6 Å². The van der Waals surface area contributed by atoms with Gasteiger partial charge in [0.25, 0.3) is 0 Å². The van der Waals surface area contributed by atoms with E-state index in [1.54, 1.807) is 17.3 Å². The van der Waals surface area contributed by atoms with Gasteiger partial charge >= 0.3 is 0 Å². The summed E-state index contributed by atoms with van der Waals surface area (Å²) in [7, 11) is 1.86. The minimum Gasteiger partial charge on any atom is -0.363 e. The predicted octanol–water partition coefficient (Wildman–Crippen LogP) is 2.57. The van der Waals surface area contributed by atoms with E-state index in [-0.39, 0.29) is 36.4 Å². The Hall–Kier alpha value is -3.00. The Morgan fingerprint density at radius 2 is 1.94 bits per heavy atom. The highest BCUT2D eigenvalue weighted by atomic mass is 32.1. The summed E-state index contributed by atoms with van der Waals surface area (Å²) in [5.41, 5.74) is 3.29. The van der Waals surface area contributed by atoms with Gasteiger partial charge in [0.05, 0.1) is 12.5 Å². The molecule has 0 saturated carbocycles. The fourth-order valence-electron chi connectivity index (χ4n) is 5.14. The third kappa shape index (κ3) is 5.16. The van der Waals surface area contributed by atoms with Crippen molar-refractivity contribution in [1.82, 2.24) is 25.4 Å². The summed E-state index contributed by atoms with van der Waals surface area (Å²) in [6.45, 7) is 3.37. The van der Waals surface area contributed by atoms with Crippen LogP contribution in [0.5, 0.6) is 0 Å². The van der Waals surface area contributed by atoms with Gasteiger partial charge in [-0.3, -0.25) is 14.6 Å². The van der Waals surface area contributed by atoms with Gasteiger partial charge in [0.15, 0.2) is 5.11 Å². The van der Waals surface area contributed by atoms with Gasteiger partial charge in [-0.15, -0.1) is 0 Å². The van der Waals surface area contributed by atoms with E-state index in [2.05, 4.69) is 27.8 Å². The molecule has 2 fully saturated rings. The molecule has 2 aromatic rings. The van der Waals surface area contributed by atoms with E-state index in [0.29, 0.717) is 18.2 Å². The van der Waals surface area contributed by atoms with Crippen LogP contribution in [0, 0.1) is 5.92 Å². The molecule has 7 nitrogen and oxygen atoms in total. The van der Waals surface area contributed by atoms with Crippen LogP contribution < -0.4 is 10.6 Å². The minimum atomic E-state index is -0.137. The lowest BCUT2D eigenvalue weighted by molar-refractivity contribution is -0.136. The Morgan fingerprint density at radius 1 is 1.15 bits per heavy atom. The van der Waals surface area contributed by atoms with Crippen LogP contribution in [0.2, 0.25) is 0 Å². The second kappa shape index (κ2) is 10.3. The maximum absolute atomic E-state index is 13.3. The zero-order valence-electron chi connectivity index (χ0n) is 19.2. The SMILES string of the molecule is CCNC(=S)NCC(=O)N1C2CCC1[C@H](C(=O)N(C)Cc1cccc(-c3ccncc3)c1)C2. The van der Waals surface area contributed by atoms with E-state index < -0.39 is 0 Å². The summed E-state index contributed by atoms with van der Waals surface area (Å²) < 4.78 is 0. The number of pyridine rings is 1. The molecule has 33 heavy (non-hydrogen) atoms. The van der Waals surface area contributed by atoms with Crippen molar-refractivity contribution in [3.05, 3.63) is 54.4 Å². The largest absolute Gasteiger partial charge is 0.363 e. The van der Waals surface area contributed by atoms with Crippen molar-refractivity contribution in [3.63, 3.8) is 0 Å². The number of hydrogen-bond acceptors (Lipinski definition) is 4. The second-order valence-electron chi connectivity index (χ2n) is 8.79. The summed E-state index contributed by atoms with van der Waals surface area (Å²) in [5, 5.41) is 6.46. The van der Waals surface area contributed by atoms with Crippen molar-refractivity contribution in [3.8, 4) is 11.1 Å². The molecule has 0 aliphatic carbocycles. The molecule has 2 N–H and O–H groups in total. The third-order valence-electron chi connectivity index (χ3n) is 6.62. The fourth-order valence-corrected chi connectivity index (χ4v) is 5.36. The van der Waals surface area contributed by atoms with Crippen molar-refractivity contribution in [2.24, 2.45) is 5.92 Å². The molecule has 8 heteroatoms. The summed E-state index contributed by atoms with van der Waals surface area (Å²) in [6.07, 6.45) is 6.16. The molecule has 3 heterocycles. The van der Waals surface area contributed by atoms with Crippen molar-refractivity contribution < 1.29 is 9.59 Å². The Morgan fingerprint density at radius 3 is 2.70 bits per heavy atom. The minimum absolute atomic E-state index is 0.0184. The lowest BCUT2D eigenvalue weighted by atomic mass is 9.88. The molecule has 0 radical (unpaired) electrons. The summed E-state index contributed by atoms with van der Waals surface area (Å²) in [4.78, 5) is 34.0. The molecule has 1 aromatic heterocycles. The number of rotatable bonds is 7. The van der Waals surface area contributed by atoms with E-state index >= 15 is 0 Å². The first-order valence-electron chi connectivity index (χ1n) is 11.5. The first kappa shape index (κ1) is 23.2. The van der Waals surface area contributed by atoms with Crippen molar-refractivity contribution in [1.29, 1.82) is 0 Å². The average Bonchev–Trinajstić information content (AvgIpc) is 3.41. The Bertz CT molecular complexity index is 1010. The molecule has 174 valence electrons. The zero-order valence-corrected chi connectivity index (χ0v) is 20.0. The summed E-state index contributed by atoms with van der Waals surface area (Å²) in [6, 6.07) is 12.3. The number of fused-ring (bicyclic) bond motifs is 2. The molecular formula is C25H31N5O2S. The molecule has 0 spiro atoms. The van der Waals surface area contributed by atoms with E-state index in [0.717, 1.165) is 36.0 Å². The smallest absolute Gasteiger partial charge is 0.242 e. The van der Waals surface area contributed by atoms with Crippen LogP contribution in [0.3, 0.4) is 0 Å². The van der Waals surface area contributed by atoms with Crippen molar-refractivity contribution >= 4 is 29.1 Å². The predicted molar refractivity (Wildman–Crippen MR) is 132 cm³/mol. The molecule has 2 aliphatic heterocycles. The highest BCUT2D eigenvalue weighted by molar-refractivity contribution is 7.80. The van der Waals surface area contributed by atoms with Gasteiger partial charge in [0.1, 0.15) is 0 Å². The van der Waals surface area contributed by atoms with Gasteiger partial charge in [0.2, 0.25) is 11.8 Å². The molecule has 2 bridgehead atoms. The van der Waals surface area contributed by atoms with Crippen molar-refractivity contribution in [2.45, 2.75) is 44.8 Å². The van der Waals surface area contributed by atoms with Crippen LogP contribution in [-0.4, -0.2) is 63.9 Å². The van der Waals surface area contributed by atoms with E-state index in [1.165, 1.54) is 0 Å². The second-order valence-corrected chi connectivity index (χ2v) is 9.19. The van der Waals surface area contributed by atoms with E-state index in [9.17, 15) is 9.59 Å². The van der Waals surface area contributed by atoms with Crippen LogP contribution >= 0.6 is 12.2 Å². The van der Waals surface area contributed by atoms with Gasteiger partial charge in [-0.05, 0) is 73.3 Å². The number of benzene rings is 1. The number of hydrogen-bond donors (Lipinski definition) is 2. The number of carbonyl (C=O) groups excluding carboxylic acids is 2. The third-order valence-corrected chi connectivity index (χ3v) is 6.90. The molecular weight excluding hydrogens is 434 g/mol. The molecule has 2 saturated heterocycles. The molecule has 1 aromatic carbocycles. The standard InChI is InChI=1S/C25H31N5O2S/c1-3-27-25(33)28-15-23(31)30-20-7-8-22(30)21(14-20)24(32)29(2)16-17-5-4-6-19(13-17)18-9-11-26-12-10-18/h4-6,9-13,20-22H,3,7-8,14-16H2,1-2H3,(H2,27,28,33)/t20?,21-,22?/m1/s1. The van der Waals surface area contributed by atoms with Gasteiger partial charge in [-0.2, -0.15) is 0 Å². The van der Waals surface area contributed by atoms with Gasteiger partial charge < -0.3 is 20.4 Å². The molecule has 3 atom stereocenters. The lowest BCUT2D eigenvalue weighted by Crippen LogP contribution is -2.46. The van der Waals surface area contributed by atoms with Crippen LogP contribution in [-0.2, 0) is 16.1 Å². The molecule has 2 aliphatic rings. The highest BCUT2D eigenvalue weighted by Crippen LogP contribution is 2.42. The normalized spacial score (nSPS) is 21.0. The number of thiocarbonyl (C=S) groups is 1. The maximum Gasteiger partial charge on any atom is 0.242 e. The van der Waals surface area contributed by atoms with E-state index in [1.807, 2.05) is 43.1 Å². The monoisotopic (exact) mass is 465 g/mol. The summed E-state index contributed by atoms with van der Waals surface area (Å²) >= 11 is 5.17. The average molecular weight is 466 g/mol. The first-order chi connectivity index (χ1) is 16.0. The van der Waals surface area contributed by atoms with Gasteiger partial charge in [-0.25, -0.2) is 0 Å². The fraction of sp³-hybridized carbons (Fsp3) is 0.440. The molecule has 2 unspecified atom stereocenters. The number of carbonyl (C=O) groups is 2. The van der Waals surface area contributed by atoms with Gasteiger partial charge in [-0.1, -0.05) is 18.2 Å². The topological polar surface area (TPSA) is 77.6 Å². The van der Waals surface area contributed by atoms with Crippen LogP contribution in [0.1, 0.15) is 31.7 Å². The maximum atomic E-state index is 13.3. The molecule has 4 rings (SSSR count). The number of amides is 2. The zero-order chi connectivity index (χ0) is 23.4. The van der Waals surface area contributed by atoms with E-state index in [4.69, 9.17) is 12.2 Å². The Kier molecular flexibility index (Phi) is 7.23. The Labute approximate surface area is 200 Å². The lowest BCUT2D eigenvalue weighted by Gasteiger charge is -2.27. The van der Waals surface area contributed by atoms with Crippen LogP contribution in [0.4, 0.5) is 0 Å². The van der Waals surface area contributed by atoms with Crippen molar-refractivity contribution in [2.75, 3.05) is 20.1 Å². The summed E-state index contributed by atoms with van der Waals surface area (Å²) in [5.74, 6) is -0.00185. The Balaban J connectivity index is 1.38. The van der Waals surface area contributed by atoms with Crippen LogP contribution in [0.25, 0.3) is 11.1 Å². The van der Waals surface area contributed by atoms with Crippen LogP contribution in [0.15, 0.2) is 48.8 Å². The number of aromatic nitrogens is 1. The number of nitrogens with zero attached hydrogens (tertiary/aromatic N) is 3. The number of nitrogens with one attached hydrogen (secondary N) is 2. The first-order valence-corrected chi connectivity index (χ1v) is 12.0.